The zero-order valence-electron chi connectivity index (χ0n) is 11.7. The van der Waals surface area contributed by atoms with Crippen molar-refractivity contribution in [3.8, 4) is 5.75 Å². The van der Waals surface area contributed by atoms with Gasteiger partial charge in [-0.1, -0.05) is 11.6 Å². The second-order valence-electron chi connectivity index (χ2n) is 4.47. The number of anilines is 1. The van der Waals surface area contributed by atoms with Crippen molar-refractivity contribution < 1.29 is 32.6 Å². The maximum absolute atomic E-state index is 13.4. The van der Waals surface area contributed by atoms with E-state index in [0.29, 0.717) is 0 Å². The van der Waals surface area contributed by atoms with Crippen molar-refractivity contribution in [3.05, 3.63) is 58.4 Å². The number of aromatic carboxylic acids is 1. The maximum Gasteiger partial charge on any atom is 0.387 e. The van der Waals surface area contributed by atoms with E-state index >= 15 is 0 Å². The minimum atomic E-state index is -2.97. The molecule has 0 radical (unpaired) electrons. The van der Waals surface area contributed by atoms with E-state index in [4.69, 9.17) is 16.7 Å². The molecule has 126 valence electrons. The number of carbonyl (C=O) groups excluding carboxylic acids is 1. The lowest BCUT2D eigenvalue weighted by Crippen LogP contribution is -2.14. The number of rotatable bonds is 5. The van der Waals surface area contributed by atoms with Gasteiger partial charge in [-0.25, -0.2) is 9.18 Å². The summed E-state index contributed by atoms with van der Waals surface area (Å²) in [7, 11) is 0. The van der Waals surface area contributed by atoms with Gasteiger partial charge in [0.05, 0.1) is 16.1 Å². The lowest BCUT2D eigenvalue weighted by atomic mass is 10.1. The van der Waals surface area contributed by atoms with E-state index < -0.39 is 29.9 Å². The van der Waals surface area contributed by atoms with Crippen molar-refractivity contribution in [3.63, 3.8) is 0 Å². The molecule has 0 aliphatic carbocycles. The van der Waals surface area contributed by atoms with E-state index in [1.54, 1.807) is 0 Å². The third kappa shape index (κ3) is 4.17. The monoisotopic (exact) mass is 359 g/mol. The van der Waals surface area contributed by atoms with Crippen LogP contribution in [0.4, 0.5) is 18.9 Å². The van der Waals surface area contributed by atoms with E-state index in [1.807, 2.05) is 0 Å². The van der Waals surface area contributed by atoms with Crippen LogP contribution < -0.4 is 10.1 Å². The van der Waals surface area contributed by atoms with Crippen molar-refractivity contribution in [1.82, 2.24) is 0 Å². The summed E-state index contributed by atoms with van der Waals surface area (Å²) in [5, 5.41) is 11.0. The van der Waals surface area contributed by atoms with Crippen LogP contribution in [0.25, 0.3) is 0 Å². The Bertz CT molecular complexity index is 781. The fourth-order valence-electron chi connectivity index (χ4n) is 1.81. The number of halogens is 4. The van der Waals surface area contributed by atoms with Crippen molar-refractivity contribution in [2.45, 2.75) is 6.61 Å². The van der Waals surface area contributed by atoms with Gasteiger partial charge in [-0.3, -0.25) is 4.79 Å². The summed E-state index contributed by atoms with van der Waals surface area (Å²) in [6.45, 7) is -2.97. The molecule has 24 heavy (non-hydrogen) atoms. The van der Waals surface area contributed by atoms with E-state index in [9.17, 15) is 22.8 Å². The highest BCUT2D eigenvalue weighted by Gasteiger charge is 2.18. The van der Waals surface area contributed by atoms with Crippen LogP contribution in [0.5, 0.6) is 5.75 Å². The Morgan fingerprint density at radius 1 is 1.12 bits per heavy atom. The highest BCUT2D eigenvalue weighted by molar-refractivity contribution is 6.34. The SMILES string of the molecule is O=C(O)c1cc(C(=O)Nc2ccc(OC(F)F)cc2)c(Cl)cc1F. The molecule has 0 atom stereocenters. The molecule has 0 unspecified atom stereocenters. The summed E-state index contributed by atoms with van der Waals surface area (Å²) < 4.78 is 41.7. The molecule has 9 heteroatoms. The average Bonchev–Trinajstić information content (AvgIpc) is 2.48. The third-order valence-corrected chi connectivity index (χ3v) is 3.18. The van der Waals surface area contributed by atoms with E-state index in [0.717, 1.165) is 12.1 Å². The summed E-state index contributed by atoms with van der Waals surface area (Å²) in [5.41, 5.74) is -0.729. The Balaban J connectivity index is 2.20. The zero-order valence-corrected chi connectivity index (χ0v) is 12.5. The van der Waals surface area contributed by atoms with Gasteiger partial charge in [-0.15, -0.1) is 0 Å². The van der Waals surface area contributed by atoms with Crippen molar-refractivity contribution in [2.75, 3.05) is 5.32 Å². The molecule has 2 N–H and O–H groups in total. The number of nitrogens with one attached hydrogen (secondary N) is 1. The van der Waals surface area contributed by atoms with Gasteiger partial charge in [-0.2, -0.15) is 8.78 Å². The van der Waals surface area contributed by atoms with Crippen LogP contribution in [0, 0.1) is 5.82 Å². The summed E-state index contributed by atoms with van der Waals surface area (Å²) >= 11 is 5.75. The van der Waals surface area contributed by atoms with Crippen LogP contribution in [-0.4, -0.2) is 23.6 Å². The van der Waals surface area contributed by atoms with E-state index in [2.05, 4.69) is 10.1 Å². The summed E-state index contributed by atoms with van der Waals surface area (Å²) in [6.07, 6.45) is 0. The Morgan fingerprint density at radius 3 is 2.29 bits per heavy atom. The predicted octanol–water partition coefficient (Wildman–Crippen LogP) is 4.03. The predicted molar refractivity (Wildman–Crippen MR) is 79.4 cm³/mol. The molecule has 0 heterocycles. The van der Waals surface area contributed by atoms with Crippen LogP contribution in [0.1, 0.15) is 20.7 Å². The first-order valence-corrected chi connectivity index (χ1v) is 6.74. The van der Waals surface area contributed by atoms with Crippen LogP contribution >= 0.6 is 11.6 Å². The molecular formula is C15H9ClF3NO4. The molecule has 0 saturated carbocycles. The van der Waals surface area contributed by atoms with Gasteiger partial charge in [0.1, 0.15) is 11.6 Å². The molecule has 5 nitrogen and oxygen atoms in total. The standard InChI is InChI=1S/C15H9ClF3NO4/c16-11-6-12(17)10(14(22)23)5-9(11)13(21)20-7-1-3-8(4-2-7)24-15(18)19/h1-6,15H,(H,20,21)(H,22,23). The Morgan fingerprint density at radius 2 is 1.75 bits per heavy atom. The second-order valence-corrected chi connectivity index (χ2v) is 4.88. The summed E-state index contributed by atoms with van der Waals surface area (Å²) in [5.74, 6) is -3.51. The Labute approximate surface area is 138 Å². The van der Waals surface area contributed by atoms with E-state index in [-0.39, 0.29) is 22.0 Å². The molecule has 0 fully saturated rings. The molecule has 2 aromatic carbocycles. The van der Waals surface area contributed by atoms with Crippen LogP contribution in [0.2, 0.25) is 5.02 Å². The van der Waals surface area contributed by atoms with Gasteiger partial charge >= 0.3 is 12.6 Å². The molecule has 2 rings (SSSR count). The minimum absolute atomic E-state index is 0.101. The molecule has 0 aromatic heterocycles. The van der Waals surface area contributed by atoms with Gasteiger partial charge in [0.15, 0.2) is 0 Å². The van der Waals surface area contributed by atoms with Crippen LogP contribution in [0.3, 0.4) is 0 Å². The number of amides is 1. The smallest absolute Gasteiger partial charge is 0.387 e. The highest BCUT2D eigenvalue weighted by atomic mass is 35.5. The van der Waals surface area contributed by atoms with Crippen molar-refractivity contribution in [2.24, 2.45) is 0 Å². The number of carbonyl (C=O) groups is 2. The second kappa shape index (κ2) is 7.22. The van der Waals surface area contributed by atoms with Crippen LogP contribution in [0.15, 0.2) is 36.4 Å². The average molecular weight is 360 g/mol. The van der Waals surface area contributed by atoms with Gasteiger partial charge in [-0.05, 0) is 36.4 Å². The molecule has 0 spiro atoms. The number of hydrogen-bond donors (Lipinski definition) is 2. The minimum Gasteiger partial charge on any atom is -0.478 e. The highest BCUT2D eigenvalue weighted by Crippen LogP contribution is 2.23. The van der Waals surface area contributed by atoms with E-state index in [1.165, 1.54) is 24.3 Å². The lowest BCUT2D eigenvalue weighted by molar-refractivity contribution is -0.0498. The number of carboxylic acid groups (broad SMARTS) is 1. The summed E-state index contributed by atoms with van der Waals surface area (Å²) in [4.78, 5) is 23.0. The number of ether oxygens (including phenoxy) is 1. The lowest BCUT2D eigenvalue weighted by Gasteiger charge is -2.09. The van der Waals surface area contributed by atoms with Crippen molar-refractivity contribution >= 4 is 29.2 Å². The molecule has 0 saturated heterocycles. The van der Waals surface area contributed by atoms with Crippen molar-refractivity contribution in [1.29, 1.82) is 0 Å². The maximum atomic E-state index is 13.4. The number of carboxylic acids is 1. The van der Waals surface area contributed by atoms with Gasteiger partial charge < -0.3 is 15.2 Å². The number of benzene rings is 2. The first-order valence-electron chi connectivity index (χ1n) is 6.36. The first kappa shape index (κ1) is 17.6. The van der Waals surface area contributed by atoms with Gasteiger partial charge in [0.2, 0.25) is 0 Å². The van der Waals surface area contributed by atoms with Crippen LogP contribution in [-0.2, 0) is 0 Å². The normalized spacial score (nSPS) is 10.5. The Hall–Kier alpha value is -2.74. The first-order chi connectivity index (χ1) is 11.3. The van der Waals surface area contributed by atoms with Gasteiger partial charge in [0.25, 0.3) is 5.91 Å². The largest absolute Gasteiger partial charge is 0.478 e. The quantitative estimate of drug-likeness (QED) is 0.845. The topological polar surface area (TPSA) is 75.6 Å². The summed E-state index contributed by atoms with van der Waals surface area (Å²) in [6, 6.07) is 6.53. The molecule has 0 bridgehead atoms. The van der Waals surface area contributed by atoms with Gasteiger partial charge in [0, 0.05) is 5.69 Å². The third-order valence-electron chi connectivity index (χ3n) is 2.87. The fraction of sp³-hybridized carbons (Fsp3) is 0.0667. The molecule has 2 aromatic rings. The zero-order chi connectivity index (χ0) is 17.9. The Kier molecular flexibility index (Phi) is 5.30. The molecule has 1 amide bonds. The molecular weight excluding hydrogens is 351 g/mol. The molecule has 0 aliphatic heterocycles. The number of alkyl halides is 2. The molecule has 0 aliphatic rings. The number of hydrogen-bond acceptors (Lipinski definition) is 3. The fourth-order valence-corrected chi connectivity index (χ4v) is 2.04.